The smallest absolute Gasteiger partial charge is 0.352 e. The maximum Gasteiger partial charge on any atom is 0.352 e. The Morgan fingerprint density at radius 2 is 2.12 bits per heavy atom. The molecule has 1 saturated heterocycles. The molecule has 43 heavy (non-hydrogen) atoms. The number of rotatable bonds is 10. The second-order valence-electron chi connectivity index (χ2n) is 9.35. The van der Waals surface area contributed by atoms with Gasteiger partial charge in [0.25, 0.3) is 17.7 Å². The number of β-lactam (4-membered cyclic amide) rings is 1. The molecule has 224 valence electrons. The summed E-state index contributed by atoms with van der Waals surface area (Å²) in [5, 5.41) is 20.7. The Labute approximate surface area is 251 Å². The molecule has 5 heterocycles. The van der Waals surface area contributed by atoms with Gasteiger partial charge in [-0.05, 0) is 31.1 Å². The number of anilines is 1. The van der Waals surface area contributed by atoms with Gasteiger partial charge < -0.3 is 31.3 Å². The van der Waals surface area contributed by atoms with Crippen LogP contribution in [0.15, 0.2) is 51.0 Å². The molecule has 0 saturated carbocycles. The molecule has 3 aromatic heterocycles. The molecule has 3 amide bonds. The number of H-pyrrole nitrogens is 1. The van der Waals surface area contributed by atoms with Crippen LogP contribution in [0.5, 0.6) is 0 Å². The van der Waals surface area contributed by atoms with Gasteiger partial charge in [0, 0.05) is 23.4 Å². The van der Waals surface area contributed by atoms with Gasteiger partial charge in [-0.2, -0.15) is 0 Å². The first kappa shape index (κ1) is 29.7. The molecule has 0 bridgehead atoms. The van der Waals surface area contributed by atoms with Gasteiger partial charge in [-0.1, -0.05) is 12.1 Å². The highest BCUT2D eigenvalue weighted by Gasteiger charge is 2.55. The summed E-state index contributed by atoms with van der Waals surface area (Å²) in [7, 11) is 0. The first-order chi connectivity index (χ1) is 20.6. The van der Waals surface area contributed by atoms with Crippen molar-refractivity contribution in [2.24, 2.45) is 5.16 Å². The minimum absolute atomic E-state index is 0.0392. The first-order valence-electron chi connectivity index (χ1n) is 13.1. The number of fused-ring (bicyclic) bond motifs is 2. The number of nitrogens with two attached hydrogens (primary N) is 1. The fourth-order valence-electron chi connectivity index (χ4n) is 4.72. The molecular weight excluding hydrogens is 600 g/mol. The molecule has 15 nitrogen and oxygen atoms in total. The van der Waals surface area contributed by atoms with Crippen LogP contribution in [0.1, 0.15) is 36.5 Å². The lowest BCUT2D eigenvalue weighted by atomic mass is 9.97. The second kappa shape index (κ2) is 12.2. The molecule has 1 fully saturated rings. The van der Waals surface area contributed by atoms with E-state index in [1.807, 2.05) is 0 Å². The fraction of sp³-hybridized carbons (Fsp3) is 0.308. The number of aromatic nitrogens is 3. The lowest BCUT2D eigenvalue weighted by Crippen LogP contribution is -2.71. The number of oxime groups is 1. The number of thioether (sulfide) groups is 1. The maximum atomic E-state index is 13.2. The van der Waals surface area contributed by atoms with Crippen molar-refractivity contribution in [3.63, 3.8) is 0 Å². The van der Waals surface area contributed by atoms with E-state index in [1.54, 1.807) is 26.0 Å². The van der Waals surface area contributed by atoms with Gasteiger partial charge in [0.15, 0.2) is 16.3 Å². The van der Waals surface area contributed by atoms with E-state index in [2.05, 4.69) is 30.7 Å². The van der Waals surface area contributed by atoms with Crippen LogP contribution in [0.25, 0.3) is 11.0 Å². The Morgan fingerprint density at radius 3 is 2.79 bits per heavy atom. The minimum Gasteiger partial charge on any atom is -0.477 e. The summed E-state index contributed by atoms with van der Waals surface area (Å²) in [5.41, 5.74) is 5.54. The molecule has 0 spiro atoms. The Kier molecular flexibility index (Phi) is 8.45. The Hall–Kier alpha value is -4.77. The predicted molar refractivity (Wildman–Crippen MR) is 158 cm³/mol. The molecule has 0 aliphatic carbocycles. The van der Waals surface area contributed by atoms with Gasteiger partial charge in [0.05, 0.1) is 11.4 Å². The molecule has 0 aromatic carbocycles. The number of carboxylic acid groups (broad SMARTS) is 1. The lowest BCUT2D eigenvalue weighted by molar-refractivity contribution is -0.150. The molecule has 3 aromatic rings. The highest BCUT2D eigenvalue weighted by atomic mass is 32.2. The van der Waals surface area contributed by atoms with Crippen LogP contribution >= 0.6 is 23.1 Å². The number of thiazole rings is 1. The molecule has 6 N–H and O–H groups in total. The van der Waals surface area contributed by atoms with Crippen molar-refractivity contribution in [2.45, 2.75) is 37.7 Å². The van der Waals surface area contributed by atoms with Crippen molar-refractivity contribution in [3.05, 3.63) is 62.7 Å². The van der Waals surface area contributed by atoms with E-state index in [1.165, 1.54) is 23.3 Å². The number of amides is 3. The molecule has 17 heteroatoms. The molecule has 3 atom stereocenters. The van der Waals surface area contributed by atoms with Crippen LogP contribution < -0.4 is 21.8 Å². The van der Waals surface area contributed by atoms with E-state index in [0.717, 1.165) is 22.3 Å². The number of hydrogen-bond donors (Lipinski definition) is 5. The first-order valence-corrected chi connectivity index (χ1v) is 15.0. The van der Waals surface area contributed by atoms with Crippen molar-refractivity contribution < 1.29 is 29.1 Å². The zero-order valence-corrected chi connectivity index (χ0v) is 24.5. The summed E-state index contributed by atoms with van der Waals surface area (Å²) in [6.07, 6.45) is 1.78. The zero-order chi connectivity index (χ0) is 30.8. The van der Waals surface area contributed by atoms with E-state index >= 15 is 0 Å². The zero-order valence-electron chi connectivity index (χ0n) is 22.8. The standard InChI is InChI=1S/C26H26N8O7S2/c1-3-13(30-21(36)14-8-16(35)11-6-5-7-28-20(11)29-14)12-9-42-24-18(23(38)34(24)19(12)25(39)40)32-22(37)17(33-41-4-2)15-10-43-26(27)31-15/h5-8,10,13,18,24H,3-4,9H2,1-2H3,(H2,27,31)(H,30,36)(H,32,37)(H,39,40)(H,28,29,35)/b33-17-/t13?,18?,24-/m0/s1. The number of nitrogens with one attached hydrogen (secondary N) is 3. The summed E-state index contributed by atoms with van der Waals surface area (Å²) in [4.78, 5) is 81.5. The third-order valence-electron chi connectivity index (χ3n) is 6.73. The molecule has 0 radical (unpaired) electrons. The number of nitrogens with zero attached hydrogens (tertiary/aromatic N) is 4. The van der Waals surface area contributed by atoms with E-state index < -0.39 is 46.6 Å². The molecule has 2 aliphatic heterocycles. The van der Waals surface area contributed by atoms with Crippen LogP contribution in [-0.4, -0.2) is 84.2 Å². The van der Waals surface area contributed by atoms with Crippen LogP contribution in [-0.2, 0) is 19.2 Å². The van der Waals surface area contributed by atoms with Gasteiger partial charge in [-0.25, -0.2) is 14.8 Å². The fourth-order valence-corrected chi connectivity index (χ4v) is 6.69. The van der Waals surface area contributed by atoms with E-state index in [-0.39, 0.29) is 45.9 Å². The van der Waals surface area contributed by atoms with Crippen LogP contribution in [0.2, 0.25) is 0 Å². The van der Waals surface area contributed by atoms with Gasteiger partial charge >= 0.3 is 5.97 Å². The van der Waals surface area contributed by atoms with Crippen LogP contribution in [0.4, 0.5) is 5.13 Å². The van der Waals surface area contributed by atoms with Crippen molar-refractivity contribution in [3.8, 4) is 0 Å². The van der Waals surface area contributed by atoms with Crippen LogP contribution in [0.3, 0.4) is 0 Å². The third-order valence-corrected chi connectivity index (χ3v) is 8.71. The normalized spacial score (nSPS) is 19.0. The topological polar surface area (TPSA) is 222 Å². The van der Waals surface area contributed by atoms with E-state index in [0.29, 0.717) is 17.4 Å². The number of carbonyl (C=O) groups is 4. The lowest BCUT2D eigenvalue weighted by Gasteiger charge is -2.50. The summed E-state index contributed by atoms with van der Waals surface area (Å²) < 4.78 is 0. The number of carbonyl (C=O) groups excluding carboxylic acids is 3. The number of aromatic amines is 1. The van der Waals surface area contributed by atoms with Gasteiger partial charge in [0.1, 0.15) is 40.8 Å². The quantitative estimate of drug-likeness (QED) is 0.119. The van der Waals surface area contributed by atoms with Crippen LogP contribution in [0, 0.1) is 0 Å². The Morgan fingerprint density at radius 1 is 1.33 bits per heavy atom. The van der Waals surface area contributed by atoms with E-state index in [4.69, 9.17) is 10.6 Å². The number of pyridine rings is 2. The van der Waals surface area contributed by atoms with Gasteiger partial charge in [-0.15, -0.1) is 23.1 Å². The molecule has 2 unspecified atom stereocenters. The van der Waals surface area contributed by atoms with Crippen molar-refractivity contribution in [1.29, 1.82) is 0 Å². The number of aliphatic carboxylic acids is 1. The minimum atomic E-state index is -1.36. The highest BCUT2D eigenvalue weighted by Crippen LogP contribution is 2.41. The van der Waals surface area contributed by atoms with Gasteiger partial charge in [0.2, 0.25) is 0 Å². The number of nitrogen functional groups attached to an aromatic ring is 1. The second-order valence-corrected chi connectivity index (χ2v) is 11.3. The largest absolute Gasteiger partial charge is 0.477 e. The predicted octanol–water partition coefficient (Wildman–Crippen LogP) is 0.650. The Bertz CT molecular complexity index is 1750. The summed E-state index contributed by atoms with van der Waals surface area (Å²) in [6, 6.07) is 2.53. The van der Waals surface area contributed by atoms with E-state index in [9.17, 15) is 29.1 Å². The Balaban J connectivity index is 1.36. The monoisotopic (exact) mass is 626 g/mol. The SMILES string of the molecule is CCO/N=C(\C(=O)NC1C(=O)N2C(C(=O)O)=C(C(CC)NC(=O)c3cc(=O)c4cccnc4[nH]3)CS[C@@H]12)c1csc(N)n1. The molecule has 5 rings (SSSR count). The number of hydrogen-bond acceptors (Lipinski definition) is 12. The maximum absolute atomic E-state index is 13.2. The van der Waals surface area contributed by atoms with Crippen molar-refractivity contribution >= 4 is 68.7 Å². The number of carboxylic acids is 1. The van der Waals surface area contributed by atoms with Gasteiger partial charge in [-0.3, -0.25) is 24.1 Å². The molecular formula is C26H26N8O7S2. The summed E-state index contributed by atoms with van der Waals surface area (Å²) >= 11 is 2.34. The summed E-state index contributed by atoms with van der Waals surface area (Å²) in [5.74, 6) is -3.21. The highest BCUT2D eigenvalue weighted by molar-refractivity contribution is 8.00. The average molecular weight is 627 g/mol. The van der Waals surface area contributed by atoms with Crippen molar-refractivity contribution in [2.75, 3.05) is 18.1 Å². The summed E-state index contributed by atoms with van der Waals surface area (Å²) in [6.45, 7) is 3.62. The molecule has 2 aliphatic rings. The third kappa shape index (κ3) is 5.68. The van der Waals surface area contributed by atoms with Crippen molar-refractivity contribution in [1.82, 2.24) is 30.5 Å². The average Bonchev–Trinajstić information content (AvgIpc) is 3.43.